The van der Waals surface area contributed by atoms with E-state index in [1.165, 1.54) is 6.07 Å². The van der Waals surface area contributed by atoms with E-state index in [4.69, 9.17) is 4.74 Å². The fourth-order valence-corrected chi connectivity index (χ4v) is 3.40. The van der Waals surface area contributed by atoms with Gasteiger partial charge >= 0.3 is 5.97 Å². The van der Waals surface area contributed by atoms with Crippen molar-refractivity contribution < 1.29 is 40.7 Å². The molecule has 0 bridgehead atoms. The van der Waals surface area contributed by atoms with Crippen molar-refractivity contribution in [2.24, 2.45) is 5.92 Å². The molecule has 0 aliphatic heterocycles. The van der Waals surface area contributed by atoms with Crippen molar-refractivity contribution in [3.05, 3.63) is 64.2 Å². The first-order chi connectivity index (χ1) is 13.6. The van der Waals surface area contributed by atoms with Gasteiger partial charge in [0.15, 0.2) is 29.0 Å². The SMILES string of the molecule is Cc1c(F)c(F)c(F)c(F)c1OC(=O)[C@@H]1CCC(=O)C[C@H]1c1ccc(F)c(F)c1. The number of rotatable bonds is 3. The van der Waals surface area contributed by atoms with Crippen LogP contribution in [0.2, 0.25) is 0 Å². The minimum absolute atomic E-state index is 0.0203. The van der Waals surface area contributed by atoms with E-state index in [1.54, 1.807) is 0 Å². The van der Waals surface area contributed by atoms with E-state index in [-0.39, 0.29) is 30.6 Å². The van der Waals surface area contributed by atoms with Gasteiger partial charge in [0.05, 0.1) is 5.92 Å². The van der Waals surface area contributed by atoms with Crippen LogP contribution in [-0.2, 0) is 9.59 Å². The number of hydrogen-bond acceptors (Lipinski definition) is 3. The first-order valence-electron chi connectivity index (χ1n) is 8.62. The third-order valence-corrected chi connectivity index (χ3v) is 4.99. The summed E-state index contributed by atoms with van der Waals surface area (Å²) in [7, 11) is 0. The molecule has 2 aromatic rings. The smallest absolute Gasteiger partial charge is 0.315 e. The Morgan fingerprint density at radius 3 is 2.28 bits per heavy atom. The number of ether oxygens (including phenoxy) is 1. The van der Waals surface area contributed by atoms with Crippen molar-refractivity contribution in [2.45, 2.75) is 32.1 Å². The molecule has 0 amide bonds. The van der Waals surface area contributed by atoms with E-state index < -0.39 is 64.0 Å². The van der Waals surface area contributed by atoms with Crippen LogP contribution in [-0.4, -0.2) is 11.8 Å². The molecule has 0 saturated heterocycles. The standard InChI is InChI=1S/C20H14F6O3/c1-8-15(23)16(24)17(25)18(26)19(8)29-20(28)11-4-3-10(27)7-12(11)9-2-5-13(21)14(22)6-9/h2,5-6,11-12H,3-4,7H2,1H3/t11-,12+/m1/s1. The van der Waals surface area contributed by atoms with Gasteiger partial charge in [-0.25, -0.2) is 22.0 Å². The Bertz CT molecular complexity index is 975. The van der Waals surface area contributed by atoms with E-state index in [0.717, 1.165) is 19.1 Å². The molecule has 3 rings (SSSR count). The monoisotopic (exact) mass is 416 g/mol. The molecule has 0 unspecified atom stereocenters. The van der Waals surface area contributed by atoms with E-state index in [0.29, 0.717) is 0 Å². The second kappa shape index (κ2) is 7.88. The van der Waals surface area contributed by atoms with Gasteiger partial charge in [-0.3, -0.25) is 9.59 Å². The van der Waals surface area contributed by atoms with Crippen molar-refractivity contribution in [2.75, 3.05) is 0 Å². The number of benzene rings is 2. The van der Waals surface area contributed by atoms with Gasteiger partial charge in [-0.05, 0) is 31.0 Å². The average Bonchev–Trinajstić information content (AvgIpc) is 2.70. The number of ketones is 1. The molecule has 1 aliphatic carbocycles. The minimum Gasteiger partial charge on any atom is -0.423 e. The molecule has 1 fully saturated rings. The van der Waals surface area contributed by atoms with Gasteiger partial charge < -0.3 is 4.74 Å². The third-order valence-electron chi connectivity index (χ3n) is 4.99. The lowest BCUT2D eigenvalue weighted by Crippen LogP contribution is -2.33. The van der Waals surface area contributed by atoms with Gasteiger partial charge in [-0.2, -0.15) is 4.39 Å². The summed E-state index contributed by atoms with van der Waals surface area (Å²) >= 11 is 0. The highest BCUT2D eigenvalue weighted by Crippen LogP contribution is 2.39. The second-order valence-electron chi connectivity index (χ2n) is 6.80. The maximum absolute atomic E-state index is 14.0. The van der Waals surface area contributed by atoms with Crippen molar-refractivity contribution in [3.8, 4) is 5.75 Å². The number of carbonyl (C=O) groups is 2. The summed E-state index contributed by atoms with van der Waals surface area (Å²) in [6.07, 6.45) is -0.250. The molecule has 0 aromatic heterocycles. The Morgan fingerprint density at radius 2 is 1.62 bits per heavy atom. The lowest BCUT2D eigenvalue weighted by atomic mass is 9.75. The van der Waals surface area contributed by atoms with Crippen molar-refractivity contribution in [1.29, 1.82) is 0 Å². The Kier molecular flexibility index (Phi) is 5.68. The largest absolute Gasteiger partial charge is 0.423 e. The highest BCUT2D eigenvalue weighted by molar-refractivity contribution is 5.85. The highest BCUT2D eigenvalue weighted by atomic mass is 19.2. The number of hydrogen-bond donors (Lipinski definition) is 0. The van der Waals surface area contributed by atoms with E-state index in [2.05, 4.69) is 0 Å². The molecule has 3 nitrogen and oxygen atoms in total. The normalized spacial score (nSPS) is 19.3. The van der Waals surface area contributed by atoms with E-state index in [1.807, 2.05) is 0 Å². The van der Waals surface area contributed by atoms with Gasteiger partial charge in [0, 0.05) is 24.3 Å². The van der Waals surface area contributed by atoms with Gasteiger partial charge in [-0.1, -0.05) is 6.07 Å². The zero-order valence-electron chi connectivity index (χ0n) is 15.0. The second-order valence-corrected chi connectivity index (χ2v) is 6.80. The molecule has 0 heterocycles. The maximum atomic E-state index is 14.0. The van der Waals surface area contributed by atoms with E-state index in [9.17, 15) is 35.9 Å². The van der Waals surface area contributed by atoms with Gasteiger partial charge in [0.2, 0.25) is 11.6 Å². The number of esters is 1. The lowest BCUT2D eigenvalue weighted by molar-refractivity contribution is -0.142. The fourth-order valence-electron chi connectivity index (χ4n) is 3.40. The van der Waals surface area contributed by atoms with Crippen LogP contribution < -0.4 is 4.74 Å². The number of Topliss-reactive ketones (excluding diaryl/α,β-unsaturated/α-hetero) is 1. The fraction of sp³-hybridized carbons (Fsp3) is 0.300. The van der Waals surface area contributed by atoms with Crippen LogP contribution in [0.15, 0.2) is 18.2 Å². The predicted molar refractivity (Wildman–Crippen MR) is 88.1 cm³/mol. The van der Waals surface area contributed by atoms with Gasteiger partial charge in [-0.15, -0.1) is 0 Å². The summed E-state index contributed by atoms with van der Waals surface area (Å²) in [4.78, 5) is 24.5. The average molecular weight is 416 g/mol. The summed E-state index contributed by atoms with van der Waals surface area (Å²) in [6, 6.07) is 2.87. The van der Waals surface area contributed by atoms with Crippen LogP contribution in [0.1, 0.15) is 36.3 Å². The summed E-state index contributed by atoms with van der Waals surface area (Å²) < 4.78 is 86.1. The van der Waals surface area contributed by atoms with Crippen LogP contribution in [0.3, 0.4) is 0 Å². The van der Waals surface area contributed by atoms with Crippen LogP contribution in [0.4, 0.5) is 26.3 Å². The van der Waals surface area contributed by atoms with Crippen molar-refractivity contribution >= 4 is 11.8 Å². The topological polar surface area (TPSA) is 43.4 Å². The first-order valence-corrected chi connectivity index (χ1v) is 8.62. The van der Waals surface area contributed by atoms with Crippen molar-refractivity contribution in [1.82, 2.24) is 0 Å². The van der Waals surface area contributed by atoms with Crippen LogP contribution >= 0.6 is 0 Å². The molecule has 1 aliphatic rings. The zero-order chi connectivity index (χ0) is 21.5. The zero-order valence-corrected chi connectivity index (χ0v) is 15.0. The molecule has 1 saturated carbocycles. The first kappa shape index (κ1) is 20.9. The van der Waals surface area contributed by atoms with Gasteiger partial charge in [0.25, 0.3) is 0 Å². The molecule has 2 aromatic carbocycles. The van der Waals surface area contributed by atoms with Crippen molar-refractivity contribution in [3.63, 3.8) is 0 Å². The molecule has 154 valence electrons. The Balaban J connectivity index is 1.95. The molecule has 9 heteroatoms. The molecule has 29 heavy (non-hydrogen) atoms. The van der Waals surface area contributed by atoms with Crippen LogP contribution in [0.25, 0.3) is 0 Å². The Hall–Kier alpha value is -2.84. The summed E-state index contributed by atoms with van der Waals surface area (Å²) in [6.45, 7) is 0.904. The Morgan fingerprint density at radius 1 is 0.966 bits per heavy atom. The van der Waals surface area contributed by atoms with E-state index >= 15 is 0 Å². The quantitative estimate of drug-likeness (QED) is 0.235. The molecular weight excluding hydrogens is 402 g/mol. The summed E-state index contributed by atoms with van der Waals surface area (Å²) in [5, 5.41) is 0. The maximum Gasteiger partial charge on any atom is 0.315 e. The summed E-state index contributed by atoms with van der Waals surface area (Å²) in [5.74, 6) is -14.5. The van der Waals surface area contributed by atoms with Crippen LogP contribution in [0.5, 0.6) is 5.75 Å². The molecule has 2 atom stereocenters. The summed E-state index contributed by atoms with van der Waals surface area (Å²) in [5.41, 5.74) is -0.599. The molecular formula is C20H14F6O3. The predicted octanol–water partition coefficient (Wildman–Crippen LogP) is 4.89. The van der Waals surface area contributed by atoms with Gasteiger partial charge in [0.1, 0.15) is 5.78 Å². The molecule has 0 N–H and O–H groups in total. The molecule has 0 radical (unpaired) electrons. The molecule has 0 spiro atoms. The number of carbonyl (C=O) groups excluding carboxylic acids is 2. The lowest BCUT2D eigenvalue weighted by Gasteiger charge is -2.29. The van der Waals surface area contributed by atoms with Crippen LogP contribution in [0, 0.1) is 47.7 Å². The third kappa shape index (κ3) is 3.86. The highest BCUT2D eigenvalue weighted by Gasteiger charge is 2.38. The Labute approximate surface area is 161 Å². The minimum atomic E-state index is -2.13. The number of halogens is 6.